The third kappa shape index (κ3) is 3.93. The third-order valence-corrected chi connectivity index (χ3v) is 2.71. The van der Waals surface area contributed by atoms with E-state index in [1.165, 1.54) is 5.56 Å². The second-order valence-electron chi connectivity index (χ2n) is 4.24. The first-order chi connectivity index (χ1) is 8.29. The summed E-state index contributed by atoms with van der Waals surface area (Å²) in [6.45, 7) is 5.21. The van der Waals surface area contributed by atoms with Crippen molar-refractivity contribution in [2.75, 3.05) is 26.8 Å². The predicted molar refractivity (Wildman–Crippen MR) is 75.8 cm³/mol. The number of likely N-dealkylation sites (N-methyl/N-ethyl adjacent to an activating group) is 1. The van der Waals surface area contributed by atoms with Crippen LogP contribution in [0.3, 0.4) is 0 Å². The van der Waals surface area contributed by atoms with Crippen molar-refractivity contribution in [3.63, 3.8) is 0 Å². The summed E-state index contributed by atoms with van der Waals surface area (Å²) in [6, 6.07) is 6.16. The molecular formula is C14H20ClNO2. The zero-order valence-corrected chi connectivity index (χ0v) is 11.7. The summed E-state index contributed by atoms with van der Waals surface area (Å²) >= 11 is 0. The topological polar surface area (TPSA) is 21.7 Å². The first-order valence-corrected chi connectivity index (χ1v) is 5.98. The highest BCUT2D eigenvalue weighted by Crippen LogP contribution is 2.30. The molecule has 0 amide bonds. The van der Waals surface area contributed by atoms with Crippen molar-refractivity contribution < 1.29 is 9.47 Å². The second-order valence-corrected chi connectivity index (χ2v) is 4.24. The van der Waals surface area contributed by atoms with E-state index in [1.807, 2.05) is 13.0 Å². The fourth-order valence-electron chi connectivity index (χ4n) is 1.85. The molecule has 0 aromatic heterocycles. The van der Waals surface area contributed by atoms with Gasteiger partial charge in [-0.2, -0.15) is 0 Å². The highest BCUT2D eigenvalue weighted by Gasteiger charge is 2.11. The molecule has 1 aliphatic rings. The van der Waals surface area contributed by atoms with Crippen LogP contribution in [-0.4, -0.2) is 31.7 Å². The lowest BCUT2D eigenvalue weighted by Crippen LogP contribution is -2.19. The molecule has 0 fully saturated rings. The highest BCUT2D eigenvalue weighted by molar-refractivity contribution is 5.85. The molecule has 1 aromatic carbocycles. The normalized spacial score (nSPS) is 13.7. The van der Waals surface area contributed by atoms with Crippen LogP contribution in [0.2, 0.25) is 0 Å². The maximum atomic E-state index is 5.57. The molecule has 0 unspecified atom stereocenters. The Morgan fingerprint density at radius 3 is 2.67 bits per heavy atom. The Hall–Kier alpha value is -1.19. The van der Waals surface area contributed by atoms with Gasteiger partial charge < -0.3 is 9.47 Å². The molecule has 18 heavy (non-hydrogen) atoms. The van der Waals surface area contributed by atoms with Crippen molar-refractivity contribution >= 4 is 12.4 Å². The predicted octanol–water partition coefficient (Wildman–Crippen LogP) is 2.89. The molecule has 0 N–H and O–H groups in total. The maximum Gasteiger partial charge on any atom is 0.161 e. The zero-order valence-electron chi connectivity index (χ0n) is 10.9. The second kappa shape index (κ2) is 7.29. The minimum Gasteiger partial charge on any atom is -0.486 e. The van der Waals surface area contributed by atoms with E-state index in [-0.39, 0.29) is 12.4 Å². The summed E-state index contributed by atoms with van der Waals surface area (Å²) in [4.78, 5) is 2.26. The molecule has 0 aliphatic carbocycles. The lowest BCUT2D eigenvalue weighted by molar-refractivity contribution is 0.171. The summed E-state index contributed by atoms with van der Waals surface area (Å²) in [5.74, 6) is 1.73. The van der Waals surface area contributed by atoms with Crippen LogP contribution in [0.1, 0.15) is 12.5 Å². The van der Waals surface area contributed by atoms with Crippen LogP contribution >= 0.6 is 12.4 Å². The SMILES string of the molecule is C/C=C/CN(C)Cc1ccc2c(c1)OCCO2.Cl. The van der Waals surface area contributed by atoms with Gasteiger partial charge in [0.2, 0.25) is 0 Å². The minimum absolute atomic E-state index is 0. The van der Waals surface area contributed by atoms with E-state index in [9.17, 15) is 0 Å². The fraction of sp³-hybridized carbons (Fsp3) is 0.429. The average Bonchev–Trinajstić information content (AvgIpc) is 2.36. The van der Waals surface area contributed by atoms with Gasteiger partial charge in [-0.15, -0.1) is 12.4 Å². The number of rotatable bonds is 4. The third-order valence-electron chi connectivity index (χ3n) is 2.71. The summed E-state index contributed by atoms with van der Waals surface area (Å²) < 4.78 is 11.1. The van der Waals surface area contributed by atoms with Crippen LogP contribution in [-0.2, 0) is 6.54 Å². The number of nitrogens with zero attached hydrogens (tertiary/aromatic N) is 1. The molecule has 2 rings (SSSR count). The zero-order chi connectivity index (χ0) is 12.1. The van der Waals surface area contributed by atoms with Gasteiger partial charge in [0.1, 0.15) is 13.2 Å². The van der Waals surface area contributed by atoms with Gasteiger partial charge in [0.15, 0.2) is 11.5 Å². The van der Waals surface area contributed by atoms with Crippen molar-refractivity contribution in [3.8, 4) is 11.5 Å². The Kier molecular flexibility index (Phi) is 6.02. The van der Waals surface area contributed by atoms with E-state index in [0.29, 0.717) is 13.2 Å². The van der Waals surface area contributed by atoms with E-state index in [2.05, 4.69) is 36.2 Å². The van der Waals surface area contributed by atoms with Crippen molar-refractivity contribution in [1.82, 2.24) is 4.90 Å². The van der Waals surface area contributed by atoms with Gasteiger partial charge in [-0.1, -0.05) is 18.2 Å². The first-order valence-electron chi connectivity index (χ1n) is 5.98. The Morgan fingerprint density at radius 2 is 1.94 bits per heavy atom. The molecule has 100 valence electrons. The number of hydrogen-bond acceptors (Lipinski definition) is 3. The van der Waals surface area contributed by atoms with Gasteiger partial charge in [-0.05, 0) is 31.7 Å². The van der Waals surface area contributed by atoms with Gasteiger partial charge in [-0.25, -0.2) is 0 Å². The van der Waals surface area contributed by atoms with Crippen LogP contribution in [0.25, 0.3) is 0 Å². The molecule has 3 nitrogen and oxygen atoms in total. The average molecular weight is 270 g/mol. The van der Waals surface area contributed by atoms with E-state index >= 15 is 0 Å². The van der Waals surface area contributed by atoms with Crippen LogP contribution in [0.5, 0.6) is 11.5 Å². The Balaban J connectivity index is 0.00000162. The van der Waals surface area contributed by atoms with Crippen LogP contribution in [0, 0.1) is 0 Å². The molecule has 4 heteroatoms. The largest absolute Gasteiger partial charge is 0.486 e. The molecule has 0 saturated heterocycles. The highest BCUT2D eigenvalue weighted by atomic mass is 35.5. The van der Waals surface area contributed by atoms with Crippen LogP contribution in [0.15, 0.2) is 30.4 Å². The fourth-order valence-corrected chi connectivity index (χ4v) is 1.85. The van der Waals surface area contributed by atoms with Gasteiger partial charge in [-0.3, -0.25) is 4.90 Å². The molecule has 0 spiro atoms. The molecule has 0 bridgehead atoms. The number of ether oxygens (including phenoxy) is 2. The van der Waals surface area contributed by atoms with Crippen LogP contribution < -0.4 is 9.47 Å². The Morgan fingerprint density at radius 1 is 1.22 bits per heavy atom. The number of fused-ring (bicyclic) bond motifs is 1. The lowest BCUT2D eigenvalue weighted by Gasteiger charge is -2.20. The van der Waals surface area contributed by atoms with Gasteiger partial charge in [0.25, 0.3) is 0 Å². The smallest absolute Gasteiger partial charge is 0.161 e. The molecule has 1 aliphatic heterocycles. The van der Waals surface area contributed by atoms with Crippen molar-refractivity contribution in [3.05, 3.63) is 35.9 Å². The summed E-state index contributed by atoms with van der Waals surface area (Å²) in [7, 11) is 2.11. The standard InChI is InChI=1S/C14H19NO2.ClH/c1-3-4-7-15(2)11-12-5-6-13-14(10-12)17-9-8-16-13;/h3-6,10H,7-9,11H2,1-2H3;1H/b4-3+;. The maximum absolute atomic E-state index is 5.57. The van der Waals surface area contributed by atoms with E-state index in [4.69, 9.17) is 9.47 Å². The lowest BCUT2D eigenvalue weighted by atomic mass is 10.2. The number of hydrogen-bond donors (Lipinski definition) is 0. The molecular weight excluding hydrogens is 250 g/mol. The number of halogens is 1. The van der Waals surface area contributed by atoms with Crippen LogP contribution in [0.4, 0.5) is 0 Å². The van der Waals surface area contributed by atoms with E-state index in [0.717, 1.165) is 24.6 Å². The first kappa shape index (κ1) is 14.9. The molecule has 0 radical (unpaired) electrons. The van der Waals surface area contributed by atoms with Crippen molar-refractivity contribution in [1.29, 1.82) is 0 Å². The van der Waals surface area contributed by atoms with Gasteiger partial charge in [0.05, 0.1) is 0 Å². The Bertz CT molecular complexity index is 407. The van der Waals surface area contributed by atoms with Crippen molar-refractivity contribution in [2.24, 2.45) is 0 Å². The minimum atomic E-state index is 0. The summed E-state index contributed by atoms with van der Waals surface area (Å²) in [5.41, 5.74) is 1.25. The number of benzene rings is 1. The molecule has 0 saturated carbocycles. The number of allylic oxidation sites excluding steroid dienone is 1. The van der Waals surface area contributed by atoms with E-state index < -0.39 is 0 Å². The van der Waals surface area contributed by atoms with Gasteiger partial charge in [0, 0.05) is 13.1 Å². The summed E-state index contributed by atoms with van der Waals surface area (Å²) in [6.07, 6.45) is 4.22. The monoisotopic (exact) mass is 269 g/mol. The molecule has 0 atom stereocenters. The quantitative estimate of drug-likeness (QED) is 0.785. The Labute approximate surface area is 115 Å². The molecule has 1 heterocycles. The van der Waals surface area contributed by atoms with Crippen molar-refractivity contribution in [2.45, 2.75) is 13.5 Å². The van der Waals surface area contributed by atoms with E-state index in [1.54, 1.807) is 0 Å². The summed E-state index contributed by atoms with van der Waals surface area (Å²) in [5, 5.41) is 0. The molecule has 1 aromatic rings. The van der Waals surface area contributed by atoms with Gasteiger partial charge >= 0.3 is 0 Å².